The minimum absolute atomic E-state index is 0.0279. The molecule has 1 saturated carbocycles. The van der Waals surface area contributed by atoms with E-state index in [1.165, 1.54) is 5.56 Å². The van der Waals surface area contributed by atoms with Gasteiger partial charge in [0.1, 0.15) is 11.9 Å². The highest BCUT2D eigenvalue weighted by Crippen LogP contribution is 2.53. The van der Waals surface area contributed by atoms with Crippen LogP contribution in [0.15, 0.2) is 66.7 Å². The van der Waals surface area contributed by atoms with Crippen molar-refractivity contribution in [2.75, 3.05) is 10.6 Å². The maximum atomic E-state index is 11.5. The number of aryl methyl sites for hydroxylation is 1. The molecular weight excluding hydrogens is 440 g/mol. The number of nitrogens with one attached hydrogen (secondary N) is 2. The fourth-order valence-corrected chi connectivity index (χ4v) is 5.00. The summed E-state index contributed by atoms with van der Waals surface area (Å²) in [5, 5.41) is 26.5. The summed E-state index contributed by atoms with van der Waals surface area (Å²) < 4.78 is 6.59. The van der Waals surface area contributed by atoms with Crippen LogP contribution < -0.4 is 15.4 Å². The second-order valence-electron chi connectivity index (χ2n) is 9.85. The van der Waals surface area contributed by atoms with E-state index in [0.29, 0.717) is 11.6 Å². The standard InChI is InChI=1S/C29H32N2O4/c1-17-8-12-22(13-9-17)30-29(34)31-24-16-21(18(2)14-25(32)33)15-23-26(19-6-4-3-5-7-19)27(20-10-11-20)35-28(23)24/h3-9,12-13,15-16,18,20,26-27,29-31,34H,10-11,14H2,1-2H3,(H,32,33)/t18?,26-,27+,29?/m0/s1. The zero-order valence-electron chi connectivity index (χ0n) is 20.1. The van der Waals surface area contributed by atoms with Crippen molar-refractivity contribution in [3.8, 4) is 5.75 Å². The lowest BCUT2D eigenvalue weighted by atomic mass is 9.84. The summed E-state index contributed by atoms with van der Waals surface area (Å²) >= 11 is 0. The van der Waals surface area contributed by atoms with Gasteiger partial charge in [0.05, 0.1) is 12.1 Å². The Balaban J connectivity index is 1.52. The molecule has 0 saturated heterocycles. The quantitative estimate of drug-likeness (QED) is 0.300. The average Bonchev–Trinajstić information content (AvgIpc) is 3.60. The summed E-state index contributed by atoms with van der Waals surface area (Å²) in [6, 6.07) is 22.2. The van der Waals surface area contributed by atoms with E-state index in [1.54, 1.807) is 0 Å². The molecule has 2 unspecified atom stereocenters. The van der Waals surface area contributed by atoms with Crippen LogP contribution in [0.4, 0.5) is 11.4 Å². The van der Waals surface area contributed by atoms with E-state index in [1.807, 2.05) is 62.4 Å². The highest BCUT2D eigenvalue weighted by molar-refractivity contribution is 5.70. The topological polar surface area (TPSA) is 90.8 Å². The number of rotatable bonds is 9. The molecular formula is C29H32N2O4. The largest absolute Gasteiger partial charge is 0.487 e. The molecule has 6 heteroatoms. The second-order valence-corrected chi connectivity index (χ2v) is 9.85. The molecule has 1 fully saturated rings. The molecule has 0 spiro atoms. The van der Waals surface area contributed by atoms with Gasteiger partial charge in [0.25, 0.3) is 0 Å². The highest BCUT2D eigenvalue weighted by atomic mass is 16.5. The van der Waals surface area contributed by atoms with Crippen LogP contribution in [0, 0.1) is 12.8 Å². The second kappa shape index (κ2) is 9.62. The minimum Gasteiger partial charge on any atom is -0.487 e. The van der Waals surface area contributed by atoms with Gasteiger partial charge in [-0.1, -0.05) is 61.0 Å². The van der Waals surface area contributed by atoms with Gasteiger partial charge in [0.15, 0.2) is 0 Å². The molecule has 6 nitrogen and oxygen atoms in total. The van der Waals surface area contributed by atoms with Gasteiger partial charge >= 0.3 is 5.97 Å². The van der Waals surface area contributed by atoms with Crippen LogP contribution in [0.5, 0.6) is 5.75 Å². The summed E-state index contributed by atoms with van der Waals surface area (Å²) in [5.41, 5.74) is 5.76. The van der Waals surface area contributed by atoms with E-state index in [4.69, 9.17) is 4.74 Å². The Labute approximate surface area is 206 Å². The zero-order chi connectivity index (χ0) is 24.5. The van der Waals surface area contributed by atoms with E-state index in [0.717, 1.165) is 41.0 Å². The Morgan fingerprint density at radius 3 is 2.43 bits per heavy atom. The summed E-state index contributed by atoms with van der Waals surface area (Å²) in [5.74, 6) is 0.290. The molecule has 3 aromatic rings. The van der Waals surface area contributed by atoms with Crippen LogP contribution in [-0.4, -0.2) is 28.6 Å². The van der Waals surface area contributed by atoms with Crippen molar-refractivity contribution >= 4 is 17.3 Å². The maximum Gasteiger partial charge on any atom is 0.303 e. The molecule has 1 aliphatic carbocycles. The molecule has 4 N–H and O–H groups in total. The fraction of sp³-hybridized carbons (Fsp3) is 0.345. The SMILES string of the molecule is Cc1ccc(NC(O)Nc2cc(C(C)CC(=O)O)cc3c2O[C@H](C2CC2)[C@H]3c2ccccc2)cc1. The molecule has 0 radical (unpaired) electrons. The Morgan fingerprint density at radius 2 is 1.77 bits per heavy atom. The van der Waals surface area contributed by atoms with E-state index in [2.05, 4.69) is 28.8 Å². The van der Waals surface area contributed by atoms with Crippen molar-refractivity contribution in [1.82, 2.24) is 0 Å². The lowest BCUT2D eigenvalue weighted by molar-refractivity contribution is -0.137. The molecule has 0 amide bonds. The number of aliphatic hydroxyl groups is 1. The summed E-state index contributed by atoms with van der Waals surface area (Å²) in [6.07, 6.45) is 1.30. The summed E-state index contributed by atoms with van der Waals surface area (Å²) in [4.78, 5) is 11.5. The molecule has 1 aliphatic heterocycles. The third-order valence-corrected chi connectivity index (χ3v) is 7.00. The molecule has 1 heterocycles. The number of benzene rings is 3. The van der Waals surface area contributed by atoms with Crippen molar-refractivity contribution in [3.63, 3.8) is 0 Å². The van der Waals surface area contributed by atoms with Crippen molar-refractivity contribution in [2.24, 2.45) is 5.92 Å². The van der Waals surface area contributed by atoms with E-state index in [-0.39, 0.29) is 24.4 Å². The van der Waals surface area contributed by atoms with Crippen molar-refractivity contribution < 1.29 is 19.7 Å². The number of carboxylic acids is 1. The fourth-order valence-electron chi connectivity index (χ4n) is 5.00. The Morgan fingerprint density at radius 1 is 1.06 bits per heavy atom. The van der Waals surface area contributed by atoms with Gasteiger partial charge in [0.2, 0.25) is 6.35 Å². The first-order valence-electron chi connectivity index (χ1n) is 12.3. The molecule has 182 valence electrons. The Bertz CT molecular complexity index is 1190. The minimum atomic E-state index is -1.05. The summed E-state index contributed by atoms with van der Waals surface area (Å²) in [6.45, 7) is 3.94. The third kappa shape index (κ3) is 5.13. The highest BCUT2D eigenvalue weighted by Gasteiger charge is 2.46. The van der Waals surface area contributed by atoms with Gasteiger partial charge in [0, 0.05) is 17.2 Å². The molecule has 35 heavy (non-hydrogen) atoms. The first-order valence-corrected chi connectivity index (χ1v) is 12.3. The normalized spacial score (nSPS) is 20.4. The lowest BCUT2D eigenvalue weighted by Crippen LogP contribution is -2.28. The van der Waals surface area contributed by atoms with Gasteiger partial charge < -0.3 is 25.6 Å². The number of hydrogen-bond acceptors (Lipinski definition) is 5. The molecule has 0 bridgehead atoms. The van der Waals surface area contributed by atoms with Crippen LogP contribution in [0.25, 0.3) is 0 Å². The van der Waals surface area contributed by atoms with E-state index < -0.39 is 12.3 Å². The van der Waals surface area contributed by atoms with E-state index in [9.17, 15) is 15.0 Å². The number of anilines is 2. The predicted molar refractivity (Wildman–Crippen MR) is 137 cm³/mol. The number of hydrogen-bond donors (Lipinski definition) is 4. The van der Waals surface area contributed by atoms with Gasteiger partial charge in [-0.25, -0.2) is 0 Å². The number of aliphatic carboxylic acids is 1. The van der Waals surface area contributed by atoms with Crippen LogP contribution in [0.3, 0.4) is 0 Å². The van der Waals surface area contributed by atoms with Crippen LogP contribution in [0.1, 0.15) is 60.3 Å². The Kier molecular flexibility index (Phi) is 6.39. The molecule has 0 aromatic heterocycles. The number of carboxylic acid groups (broad SMARTS) is 1. The molecule has 2 aliphatic rings. The number of carbonyl (C=O) groups is 1. The first-order chi connectivity index (χ1) is 16.9. The van der Waals surface area contributed by atoms with Gasteiger partial charge in [-0.2, -0.15) is 0 Å². The zero-order valence-corrected chi connectivity index (χ0v) is 20.1. The van der Waals surface area contributed by atoms with Crippen molar-refractivity contribution in [3.05, 3.63) is 89.0 Å². The van der Waals surface area contributed by atoms with Crippen LogP contribution in [-0.2, 0) is 4.79 Å². The number of aliphatic hydroxyl groups excluding tert-OH is 1. The Hall–Kier alpha value is -3.51. The average molecular weight is 473 g/mol. The lowest BCUT2D eigenvalue weighted by Gasteiger charge is -2.21. The van der Waals surface area contributed by atoms with Crippen LogP contribution in [0.2, 0.25) is 0 Å². The maximum absolute atomic E-state index is 11.5. The monoisotopic (exact) mass is 472 g/mol. The number of fused-ring (bicyclic) bond motifs is 1. The smallest absolute Gasteiger partial charge is 0.303 e. The molecule has 3 aromatic carbocycles. The van der Waals surface area contributed by atoms with Gasteiger partial charge in [-0.3, -0.25) is 4.79 Å². The predicted octanol–water partition coefficient (Wildman–Crippen LogP) is 5.68. The molecule has 5 rings (SSSR count). The van der Waals surface area contributed by atoms with Gasteiger partial charge in [-0.15, -0.1) is 0 Å². The summed E-state index contributed by atoms with van der Waals surface area (Å²) in [7, 11) is 0. The van der Waals surface area contributed by atoms with Crippen molar-refractivity contribution in [2.45, 2.75) is 57.4 Å². The third-order valence-electron chi connectivity index (χ3n) is 7.00. The van der Waals surface area contributed by atoms with Gasteiger partial charge in [-0.05, 0) is 60.9 Å². The van der Waals surface area contributed by atoms with E-state index >= 15 is 0 Å². The van der Waals surface area contributed by atoms with Crippen LogP contribution >= 0.6 is 0 Å². The van der Waals surface area contributed by atoms with Crippen molar-refractivity contribution in [1.29, 1.82) is 0 Å². The number of ether oxygens (including phenoxy) is 1. The molecule has 4 atom stereocenters. The first kappa shape index (κ1) is 23.2.